The fraction of sp³-hybridized carbons (Fsp3) is 0.250. The number of carbonyl (C=O) groups is 2. The molecule has 0 saturated heterocycles. The van der Waals surface area contributed by atoms with E-state index in [1.165, 1.54) is 0 Å². The van der Waals surface area contributed by atoms with Crippen LogP contribution >= 0.6 is 0 Å². The van der Waals surface area contributed by atoms with Gasteiger partial charge in [0.15, 0.2) is 0 Å². The van der Waals surface area contributed by atoms with Crippen LogP contribution in [0, 0.1) is 11.6 Å². The average molecular weight is 269 g/mol. The summed E-state index contributed by atoms with van der Waals surface area (Å²) in [6.07, 6.45) is 0.981. The van der Waals surface area contributed by atoms with Crippen molar-refractivity contribution in [1.29, 1.82) is 0 Å². The van der Waals surface area contributed by atoms with Gasteiger partial charge in [0.2, 0.25) is 0 Å². The summed E-state index contributed by atoms with van der Waals surface area (Å²) < 4.78 is 25.8. The number of hydrogen-bond donors (Lipinski definition) is 2. The Morgan fingerprint density at radius 3 is 2.53 bits per heavy atom. The minimum absolute atomic E-state index is 0.00836. The van der Waals surface area contributed by atoms with Crippen molar-refractivity contribution in [2.45, 2.75) is 19.9 Å². The molecule has 0 aliphatic rings. The molecule has 0 aliphatic heterocycles. The van der Waals surface area contributed by atoms with Crippen LogP contribution in [0.15, 0.2) is 23.3 Å². The number of rotatable bonds is 3. The molecule has 102 valence electrons. The van der Waals surface area contributed by atoms with Crippen molar-refractivity contribution < 1.29 is 18.4 Å². The maximum Gasteiger partial charge on any atom is 0.329 e. The van der Waals surface area contributed by atoms with Crippen molar-refractivity contribution in [3.63, 3.8) is 0 Å². The summed E-state index contributed by atoms with van der Waals surface area (Å²) in [5.74, 6) is -3.33. The Labute approximate surface area is 108 Å². The van der Waals surface area contributed by atoms with Gasteiger partial charge in [0, 0.05) is 17.7 Å². The Morgan fingerprint density at radius 1 is 1.26 bits per heavy atom. The molecule has 0 fully saturated rings. The van der Waals surface area contributed by atoms with Gasteiger partial charge in [-0.1, -0.05) is 0 Å². The van der Waals surface area contributed by atoms with E-state index < -0.39 is 23.4 Å². The van der Waals surface area contributed by atoms with E-state index in [9.17, 15) is 18.4 Å². The van der Waals surface area contributed by atoms with Gasteiger partial charge in [-0.3, -0.25) is 9.59 Å². The maximum absolute atomic E-state index is 13.2. The number of nitrogens with zero attached hydrogens (tertiary/aromatic N) is 1. The van der Waals surface area contributed by atoms with Gasteiger partial charge in [0.05, 0.1) is 6.21 Å². The number of halogens is 2. The van der Waals surface area contributed by atoms with Crippen molar-refractivity contribution in [2.24, 2.45) is 5.10 Å². The van der Waals surface area contributed by atoms with Gasteiger partial charge in [0.1, 0.15) is 11.6 Å². The Morgan fingerprint density at radius 2 is 1.95 bits per heavy atom. The van der Waals surface area contributed by atoms with E-state index in [2.05, 4.69) is 10.4 Å². The highest BCUT2D eigenvalue weighted by atomic mass is 19.1. The van der Waals surface area contributed by atoms with E-state index in [0.29, 0.717) is 6.07 Å². The topological polar surface area (TPSA) is 70.6 Å². The number of benzene rings is 1. The summed E-state index contributed by atoms with van der Waals surface area (Å²) in [4.78, 5) is 22.4. The van der Waals surface area contributed by atoms with Gasteiger partial charge >= 0.3 is 11.8 Å². The second-order valence-electron chi connectivity index (χ2n) is 3.99. The lowest BCUT2D eigenvalue weighted by Gasteiger charge is -2.06. The van der Waals surface area contributed by atoms with Crippen molar-refractivity contribution >= 4 is 18.0 Å². The van der Waals surface area contributed by atoms with Gasteiger partial charge < -0.3 is 5.32 Å². The Kier molecular flexibility index (Phi) is 5.11. The van der Waals surface area contributed by atoms with Crippen molar-refractivity contribution in [3.05, 3.63) is 35.4 Å². The molecule has 0 heterocycles. The van der Waals surface area contributed by atoms with Gasteiger partial charge in [-0.15, -0.1) is 0 Å². The molecule has 7 heteroatoms. The number of hydrogen-bond acceptors (Lipinski definition) is 3. The van der Waals surface area contributed by atoms with Gasteiger partial charge in [0.25, 0.3) is 0 Å². The number of hydrazone groups is 1. The molecule has 0 atom stereocenters. The van der Waals surface area contributed by atoms with Crippen molar-refractivity contribution in [3.8, 4) is 0 Å². The van der Waals surface area contributed by atoms with Crippen LogP contribution in [0.25, 0.3) is 0 Å². The highest BCUT2D eigenvalue weighted by molar-refractivity contribution is 6.35. The van der Waals surface area contributed by atoms with Gasteiger partial charge in [-0.25, -0.2) is 14.2 Å². The first-order valence-corrected chi connectivity index (χ1v) is 5.49. The first kappa shape index (κ1) is 14.7. The quantitative estimate of drug-likeness (QED) is 0.487. The van der Waals surface area contributed by atoms with Crippen LogP contribution in [0.4, 0.5) is 8.78 Å². The normalized spacial score (nSPS) is 10.8. The zero-order valence-electron chi connectivity index (χ0n) is 10.4. The third-order valence-corrected chi connectivity index (χ3v) is 1.96. The summed E-state index contributed by atoms with van der Waals surface area (Å²) in [6, 6.07) is 2.72. The van der Waals surface area contributed by atoms with E-state index in [1.54, 1.807) is 13.8 Å². The predicted molar refractivity (Wildman–Crippen MR) is 65.4 cm³/mol. The van der Waals surface area contributed by atoms with Crippen molar-refractivity contribution in [1.82, 2.24) is 10.7 Å². The molecular weight excluding hydrogens is 256 g/mol. The second-order valence-corrected chi connectivity index (χ2v) is 3.99. The molecule has 0 saturated carbocycles. The summed E-state index contributed by atoms with van der Waals surface area (Å²) in [6.45, 7) is 3.39. The van der Waals surface area contributed by atoms with Crippen LogP contribution in [0.3, 0.4) is 0 Å². The van der Waals surface area contributed by atoms with E-state index in [4.69, 9.17) is 0 Å². The molecule has 2 amide bonds. The maximum atomic E-state index is 13.2. The fourth-order valence-electron chi connectivity index (χ4n) is 1.15. The molecule has 0 aromatic heterocycles. The Hall–Kier alpha value is -2.31. The molecule has 1 aromatic carbocycles. The lowest BCUT2D eigenvalue weighted by atomic mass is 10.2. The molecule has 0 aliphatic carbocycles. The number of carbonyl (C=O) groups excluding carboxylic acids is 2. The second kappa shape index (κ2) is 6.58. The minimum atomic E-state index is -0.965. The molecule has 0 radical (unpaired) electrons. The van der Waals surface area contributed by atoms with Crippen LogP contribution in [0.5, 0.6) is 0 Å². The van der Waals surface area contributed by atoms with Crippen LogP contribution in [0.1, 0.15) is 19.4 Å². The zero-order valence-corrected chi connectivity index (χ0v) is 10.4. The monoisotopic (exact) mass is 269 g/mol. The SMILES string of the molecule is CC(C)NC(=O)C(=O)N/N=C\c1ccc(F)cc1F. The first-order valence-electron chi connectivity index (χ1n) is 5.49. The number of amides is 2. The molecule has 2 N–H and O–H groups in total. The van der Waals surface area contributed by atoms with E-state index in [-0.39, 0.29) is 11.6 Å². The third-order valence-electron chi connectivity index (χ3n) is 1.96. The predicted octanol–water partition coefficient (Wildman–Crippen LogP) is 0.939. The highest BCUT2D eigenvalue weighted by Crippen LogP contribution is 2.06. The molecule has 19 heavy (non-hydrogen) atoms. The van der Waals surface area contributed by atoms with Crippen LogP contribution in [-0.4, -0.2) is 24.1 Å². The van der Waals surface area contributed by atoms with E-state index in [0.717, 1.165) is 18.3 Å². The summed E-state index contributed by atoms with van der Waals surface area (Å²) >= 11 is 0. The smallest absolute Gasteiger partial charge is 0.329 e. The molecule has 1 rings (SSSR count). The fourth-order valence-corrected chi connectivity index (χ4v) is 1.15. The lowest BCUT2D eigenvalue weighted by Crippen LogP contribution is -2.41. The summed E-state index contributed by atoms with van der Waals surface area (Å²) in [5.41, 5.74) is 1.93. The third kappa shape index (κ3) is 4.82. The average Bonchev–Trinajstić information content (AvgIpc) is 2.30. The van der Waals surface area contributed by atoms with E-state index in [1.807, 2.05) is 5.43 Å². The summed E-state index contributed by atoms with van der Waals surface area (Å²) in [5, 5.41) is 5.77. The van der Waals surface area contributed by atoms with Crippen LogP contribution < -0.4 is 10.7 Å². The van der Waals surface area contributed by atoms with Crippen molar-refractivity contribution in [2.75, 3.05) is 0 Å². The van der Waals surface area contributed by atoms with Crippen LogP contribution in [-0.2, 0) is 9.59 Å². The molecule has 0 spiro atoms. The highest BCUT2D eigenvalue weighted by Gasteiger charge is 2.12. The molecule has 0 unspecified atom stereocenters. The van der Waals surface area contributed by atoms with E-state index >= 15 is 0 Å². The Balaban J connectivity index is 2.58. The van der Waals surface area contributed by atoms with Gasteiger partial charge in [-0.2, -0.15) is 5.10 Å². The standard InChI is InChI=1S/C12H13F2N3O2/c1-7(2)16-11(18)12(19)17-15-6-8-3-4-9(13)5-10(8)14/h3-7H,1-2H3,(H,16,18)(H,17,19)/b15-6-. The molecule has 0 bridgehead atoms. The van der Waals surface area contributed by atoms with Crippen LogP contribution in [0.2, 0.25) is 0 Å². The zero-order chi connectivity index (χ0) is 14.4. The minimum Gasteiger partial charge on any atom is -0.346 e. The Bertz CT molecular complexity index is 516. The molecule has 5 nitrogen and oxygen atoms in total. The largest absolute Gasteiger partial charge is 0.346 e. The lowest BCUT2D eigenvalue weighted by molar-refractivity contribution is -0.139. The first-order chi connectivity index (χ1) is 8.90. The van der Waals surface area contributed by atoms with Gasteiger partial charge in [-0.05, 0) is 26.0 Å². The molecular formula is C12H13F2N3O2. The molecule has 1 aromatic rings. The summed E-state index contributed by atoms with van der Waals surface area (Å²) in [7, 11) is 0. The number of nitrogens with one attached hydrogen (secondary N) is 2.